The summed E-state index contributed by atoms with van der Waals surface area (Å²) in [6.07, 6.45) is 3.67. The lowest BCUT2D eigenvalue weighted by molar-refractivity contribution is -0.140. The van der Waals surface area contributed by atoms with Crippen LogP contribution in [0.4, 0.5) is 5.69 Å². The number of anilines is 1. The third-order valence-electron chi connectivity index (χ3n) is 4.25. The first kappa shape index (κ1) is 20.9. The monoisotopic (exact) mass is 405 g/mol. The van der Waals surface area contributed by atoms with E-state index in [1.165, 1.54) is 13.2 Å². The second-order valence-corrected chi connectivity index (χ2v) is 6.50. The Kier molecular flexibility index (Phi) is 7.44. The molecule has 0 unspecified atom stereocenters. The summed E-state index contributed by atoms with van der Waals surface area (Å²) >= 11 is 0. The average molecular weight is 405 g/mol. The highest BCUT2D eigenvalue weighted by Crippen LogP contribution is 2.17. The molecule has 1 aromatic heterocycles. The molecule has 2 aromatic carbocycles. The van der Waals surface area contributed by atoms with Gasteiger partial charge in [0.25, 0.3) is 0 Å². The summed E-state index contributed by atoms with van der Waals surface area (Å²) in [5, 5.41) is 2.78. The minimum absolute atomic E-state index is 0.249. The zero-order chi connectivity index (χ0) is 21.2. The fourth-order valence-corrected chi connectivity index (χ4v) is 2.66. The van der Waals surface area contributed by atoms with E-state index in [-0.39, 0.29) is 18.3 Å². The summed E-state index contributed by atoms with van der Waals surface area (Å²) in [5.74, 6) is 1.35. The number of carbonyl (C=O) groups is 2. The first-order chi connectivity index (χ1) is 14.6. The van der Waals surface area contributed by atoms with Crippen LogP contribution < -0.4 is 10.1 Å². The van der Waals surface area contributed by atoms with E-state index in [9.17, 15) is 9.59 Å². The van der Waals surface area contributed by atoms with Crippen LogP contribution in [-0.4, -0.2) is 19.0 Å². The van der Waals surface area contributed by atoms with Crippen LogP contribution in [0, 0.1) is 0 Å². The van der Waals surface area contributed by atoms with E-state index in [1.807, 2.05) is 42.5 Å². The van der Waals surface area contributed by atoms with Crippen LogP contribution in [0.2, 0.25) is 0 Å². The summed E-state index contributed by atoms with van der Waals surface area (Å²) in [4.78, 5) is 23.3. The van der Waals surface area contributed by atoms with Gasteiger partial charge >= 0.3 is 5.97 Å². The van der Waals surface area contributed by atoms with E-state index in [0.29, 0.717) is 30.2 Å². The molecule has 0 saturated carbocycles. The minimum Gasteiger partial charge on any atom is -0.489 e. The third kappa shape index (κ3) is 6.67. The molecular weight excluding hydrogens is 382 g/mol. The fourth-order valence-electron chi connectivity index (χ4n) is 2.66. The van der Waals surface area contributed by atoms with Crippen molar-refractivity contribution < 1.29 is 23.5 Å². The first-order valence-electron chi connectivity index (χ1n) is 9.54. The summed E-state index contributed by atoms with van der Waals surface area (Å²) in [6, 6.07) is 20.6. The smallest absolute Gasteiger partial charge is 0.305 e. The molecule has 0 atom stereocenters. The molecule has 1 N–H and O–H groups in total. The number of benzene rings is 2. The Bertz CT molecular complexity index is 990. The van der Waals surface area contributed by atoms with Crippen LogP contribution in [0.25, 0.3) is 6.08 Å². The molecule has 0 aliphatic heterocycles. The molecule has 0 spiro atoms. The van der Waals surface area contributed by atoms with E-state index in [1.54, 1.807) is 30.3 Å². The lowest BCUT2D eigenvalue weighted by Gasteiger charge is -2.07. The third-order valence-corrected chi connectivity index (χ3v) is 4.25. The van der Waals surface area contributed by atoms with Gasteiger partial charge in [0.05, 0.1) is 13.5 Å². The maximum atomic E-state index is 12.1. The Morgan fingerprint density at radius 3 is 2.50 bits per heavy atom. The van der Waals surface area contributed by atoms with Crippen molar-refractivity contribution >= 4 is 23.6 Å². The number of hydrogen-bond acceptors (Lipinski definition) is 5. The van der Waals surface area contributed by atoms with Gasteiger partial charge in [0, 0.05) is 18.2 Å². The first-order valence-corrected chi connectivity index (χ1v) is 9.54. The number of furan rings is 1. The number of nitrogens with one attached hydrogen (secondary N) is 1. The zero-order valence-electron chi connectivity index (χ0n) is 16.7. The molecule has 0 aliphatic rings. The Morgan fingerprint density at radius 2 is 1.77 bits per heavy atom. The van der Waals surface area contributed by atoms with Crippen LogP contribution in [-0.2, 0) is 27.4 Å². The molecule has 0 radical (unpaired) electrons. The summed E-state index contributed by atoms with van der Waals surface area (Å²) in [6.45, 7) is 0.486. The van der Waals surface area contributed by atoms with Crippen molar-refractivity contribution in [3.05, 3.63) is 89.9 Å². The summed E-state index contributed by atoms with van der Waals surface area (Å²) in [5.41, 5.74) is 1.75. The second kappa shape index (κ2) is 10.7. The molecule has 1 heterocycles. The number of hydrogen-bond donors (Lipinski definition) is 1. The molecule has 0 fully saturated rings. The second-order valence-electron chi connectivity index (χ2n) is 6.50. The fraction of sp³-hybridized carbons (Fsp3) is 0.167. The van der Waals surface area contributed by atoms with Gasteiger partial charge < -0.3 is 19.2 Å². The highest BCUT2D eigenvalue weighted by molar-refractivity contribution is 6.01. The van der Waals surface area contributed by atoms with Crippen LogP contribution >= 0.6 is 0 Å². The molecule has 0 bridgehead atoms. The van der Waals surface area contributed by atoms with Gasteiger partial charge in [-0.2, -0.15) is 0 Å². The molecular formula is C24H23NO5. The number of aryl methyl sites for hydroxylation is 1. The zero-order valence-corrected chi connectivity index (χ0v) is 16.7. The van der Waals surface area contributed by atoms with Gasteiger partial charge in [-0.1, -0.05) is 30.3 Å². The highest BCUT2D eigenvalue weighted by Gasteiger charge is 2.05. The number of amides is 1. The van der Waals surface area contributed by atoms with Gasteiger partial charge in [-0.25, -0.2) is 0 Å². The van der Waals surface area contributed by atoms with Crippen molar-refractivity contribution in [3.63, 3.8) is 0 Å². The molecule has 6 nitrogen and oxygen atoms in total. The van der Waals surface area contributed by atoms with Gasteiger partial charge in [-0.3, -0.25) is 9.59 Å². The van der Waals surface area contributed by atoms with Crippen molar-refractivity contribution in [1.82, 2.24) is 0 Å². The molecule has 30 heavy (non-hydrogen) atoms. The Labute approximate surface area is 175 Å². The number of methoxy groups -OCH3 is 1. The molecule has 1 amide bonds. The summed E-state index contributed by atoms with van der Waals surface area (Å²) < 4.78 is 15.9. The van der Waals surface area contributed by atoms with Crippen molar-refractivity contribution in [2.75, 3.05) is 12.4 Å². The van der Waals surface area contributed by atoms with Gasteiger partial charge in [-0.15, -0.1) is 0 Å². The van der Waals surface area contributed by atoms with Crippen LogP contribution in [0.3, 0.4) is 0 Å². The molecule has 0 aliphatic carbocycles. The van der Waals surface area contributed by atoms with E-state index in [0.717, 1.165) is 11.3 Å². The standard InChI is InChI=1S/C24H23NO5/c1-28-24(27)16-14-22-12-11-21(30-22)13-15-23(26)25-19-7-9-20(10-8-19)29-17-18-5-3-2-4-6-18/h2-13,15H,14,16-17H2,1H3,(H,25,26)/b15-13+. The van der Waals surface area contributed by atoms with Crippen molar-refractivity contribution in [2.24, 2.45) is 0 Å². The predicted octanol–water partition coefficient (Wildman–Crippen LogP) is 4.62. The van der Waals surface area contributed by atoms with E-state index < -0.39 is 0 Å². The lowest BCUT2D eigenvalue weighted by atomic mass is 10.2. The molecule has 6 heteroatoms. The largest absolute Gasteiger partial charge is 0.489 e. The average Bonchev–Trinajstić information content (AvgIpc) is 3.24. The highest BCUT2D eigenvalue weighted by atomic mass is 16.5. The Balaban J connectivity index is 1.46. The van der Waals surface area contributed by atoms with Gasteiger partial charge in [0.15, 0.2) is 0 Å². The SMILES string of the molecule is COC(=O)CCc1ccc(/C=C/C(=O)Nc2ccc(OCc3ccccc3)cc2)o1. The van der Waals surface area contributed by atoms with Crippen LogP contribution in [0.15, 0.2) is 77.2 Å². The normalized spacial score (nSPS) is 10.7. The van der Waals surface area contributed by atoms with Gasteiger partial charge in [0.2, 0.25) is 5.91 Å². The molecule has 154 valence electrons. The Morgan fingerprint density at radius 1 is 1.00 bits per heavy atom. The van der Waals surface area contributed by atoms with Gasteiger partial charge in [-0.05, 0) is 48.0 Å². The predicted molar refractivity (Wildman–Crippen MR) is 114 cm³/mol. The number of esters is 1. The number of rotatable bonds is 9. The molecule has 3 rings (SSSR count). The summed E-state index contributed by atoms with van der Waals surface area (Å²) in [7, 11) is 1.35. The quantitative estimate of drug-likeness (QED) is 0.415. The van der Waals surface area contributed by atoms with E-state index in [2.05, 4.69) is 10.1 Å². The van der Waals surface area contributed by atoms with E-state index in [4.69, 9.17) is 9.15 Å². The van der Waals surface area contributed by atoms with Crippen molar-refractivity contribution in [1.29, 1.82) is 0 Å². The van der Waals surface area contributed by atoms with Gasteiger partial charge in [0.1, 0.15) is 23.9 Å². The Hall–Kier alpha value is -3.80. The minimum atomic E-state index is -0.292. The molecule has 3 aromatic rings. The number of carbonyl (C=O) groups excluding carboxylic acids is 2. The van der Waals surface area contributed by atoms with E-state index >= 15 is 0 Å². The van der Waals surface area contributed by atoms with Crippen molar-refractivity contribution in [3.8, 4) is 5.75 Å². The van der Waals surface area contributed by atoms with Crippen molar-refractivity contribution in [2.45, 2.75) is 19.4 Å². The lowest BCUT2D eigenvalue weighted by Crippen LogP contribution is -2.07. The maximum Gasteiger partial charge on any atom is 0.305 e. The van der Waals surface area contributed by atoms with Crippen LogP contribution in [0.5, 0.6) is 5.75 Å². The number of ether oxygens (including phenoxy) is 2. The van der Waals surface area contributed by atoms with Crippen LogP contribution in [0.1, 0.15) is 23.5 Å². The topological polar surface area (TPSA) is 77.8 Å². The molecule has 0 saturated heterocycles. The maximum absolute atomic E-state index is 12.1.